The predicted octanol–water partition coefficient (Wildman–Crippen LogP) is 1.58. The largest absolute Gasteiger partial charge is 0.382 e. The van der Waals surface area contributed by atoms with E-state index in [1.807, 2.05) is 0 Å². The van der Waals surface area contributed by atoms with Gasteiger partial charge < -0.3 is 18.9 Å². The number of hydrogen-bond acceptors (Lipinski definition) is 10. The quantitative estimate of drug-likeness (QED) is 0.453. The molecule has 2 aromatic rings. The van der Waals surface area contributed by atoms with Crippen LogP contribution in [0.5, 0.6) is 0 Å². The van der Waals surface area contributed by atoms with Crippen LogP contribution < -0.4 is 4.72 Å². The Morgan fingerprint density at radius 3 is 2.42 bits per heavy atom. The first-order valence-corrected chi connectivity index (χ1v) is 12.3. The van der Waals surface area contributed by atoms with Crippen LogP contribution in [0.3, 0.4) is 0 Å². The van der Waals surface area contributed by atoms with Crippen molar-refractivity contribution in [1.29, 1.82) is 0 Å². The molecule has 14 heteroatoms. The molecule has 2 aromatic heterocycles. The number of halogens is 1. The summed E-state index contributed by atoms with van der Waals surface area (Å²) in [4.78, 5) is 8.20. The van der Waals surface area contributed by atoms with Crippen LogP contribution in [0.25, 0.3) is 0 Å². The molecule has 1 N–H and O–H groups in total. The number of sulfonamides is 1. The van der Waals surface area contributed by atoms with Crippen molar-refractivity contribution in [1.82, 2.24) is 24.7 Å². The minimum Gasteiger partial charge on any atom is -0.382 e. The molecule has 1 saturated heterocycles. The van der Waals surface area contributed by atoms with Gasteiger partial charge in [-0.05, 0) is 13.3 Å². The number of aromatic nitrogens is 5. The smallest absolute Gasteiger partial charge is 0.240 e. The van der Waals surface area contributed by atoms with Crippen molar-refractivity contribution < 1.29 is 27.4 Å². The van der Waals surface area contributed by atoms with E-state index in [9.17, 15) is 8.42 Å². The lowest BCUT2D eigenvalue weighted by Crippen LogP contribution is -2.34. The zero-order chi connectivity index (χ0) is 24.0. The monoisotopic (exact) mass is 504 g/mol. The summed E-state index contributed by atoms with van der Waals surface area (Å²) in [5.41, 5.74) is 0. The highest BCUT2D eigenvalue weighted by Gasteiger charge is 2.36. The molecule has 33 heavy (non-hydrogen) atoms. The molecule has 3 rings (SSSR count). The first-order chi connectivity index (χ1) is 15.8. The van der Waals surface area contributed by atoms with Crippen molar-refractivity contribution >= 4 is 27.6 Å². The van der Waals surface area contributed by atoms with Gasteiger partial charge in [0.15, 0.2) is 5.82 Å². The van der Waals surface area contributed by atoms with Crippen molar-refractivity contribution in [3.05, 3.63) is 29.1 Å². The maximum Gasteiger partial charge on any atom is 0.240 e. The Kier molecular flexibility index (Phi) is 8.95. The van der Waals surface area contributed by atoms with Crippen molar-refractivity contribution in [3.8, 4) is 0 Å². The van der Waals surface area contributed by atoms with Crippen LogP contribution in [0.15, 0.2) is 12.4 Å². The van der Waals surface area contributed by atoms with Gasteiger partial charge in [-0.3, -0.25) is 9.29 Å². The maximum atomic E-state index is 13.3. The lowest BCUT2D eigenvalue weighted by Gasteiger charge is -2.25. The molecule has 3 atom stereocenters. The van der Waals surface area contributed by atoms with Gasteiger partial charge in [-0.2, -0.15) is 0 Å². The predicted molar refractivity (Wildman–Crippen MR) is 120 cm³/mol. The van der Waals surface area contributed by atoms with Gasteiger partial charge in [-0.1, -0.05) is 11.6 Å². The average Bonchev–Trinajstić information content (AvgIpc) is 3.45. The summed E-state index contributed by atoms with van der Waals surface area (Å²) in [7, 11) is 0.512. The van der Waals surface area contributed by atoms with E-state index in [4.69, 9.17) is 30.5 Å². The number of nitrogens with zero attached hydrogens (tertiary/aromatic N) is 5. The Morgan fingerprint density at radius 2 is 1.88 bits per heavy atom. The Morgan fingerprint density at radius 1 is 1.21 bits per heavy atom. The van der Waals surface area contributed by atoms with Crippen molar-refractivity contribution in [2.75, 3.05) is 52.5 Å². The molecule has 12 nitrogen and oxygen atoms in total. The van der Waals surface area contributed by atoms with Gasteiger partial charge in [0.2, 0.25) is 16.0 Å². The fraction of sp³-hybridized carbons (Fsp3) is 0.684. The summed E-state index contributed by atoms with van der Waals surface area (Å²) in [6.45, 7) is 3.13. The Hall–Kier alpha value is -1.90. The number of rotatable bonds is 12. The van der Waals surface area contributed by atoms with Crippen molar-refractivity contribution in [2.45, 2.75) is 36.7 Å². The number of methoxy groups -OCH3 is 3. The standard InChI is InChI=1S/C19H29ClN6O6S/c1-12(16(31-4)17-21-7-14(20)8-22-17)33(27,28)25-19-24-23-18(13-5-6-32-9-13)26(19)15(10-29-2)11-30-3/h7-8,12-13,15-16H,5-6,9-11H2,1-4H3,(H,24,25)/t12-,13+,16-/m0/s1. The second-order valence-electron chi connectivity index (χ2n) is 7.64. The minimum absolute atomic E-state index is 0.0152. The van der Waals surface area contributed by atoms with Gasteiger partial charge in [0.05, 0.1) is 30.9 Å². The van der Waals surface area contributed by atoms with Gasteiger partial charge >= 0.3 is 0 Å². The third-order valence-corrected chi connectivity index (χ3v) is 7.29. The van der Waals surface area contributed by atoms with Crippen LogP contribution in [-0.2, 0) is 29.0 Å². The highest BCUT2D eigenvalue weighted by atomic mass is 35.5. The second-order valence-corrected chi connectivity index (χ2v) is 10.1. The maximum absolute atomic E-state index is 13.3. The Labute approximate surface area is 198 Å². The molecule has 0 saturated carbocycles. The van der Waals surface area contributed by atoms with E-state index in [2.05, 4.69) is 24.9 Å². The molecule has 0 unspecified atom stereocenters. The molecule has 1 fully saturated rings. The summed E-state index contributed by atoms with van der Waals surface area (Å²) in [6, 6.07) is -0.351. The summed E-state index contributed by atoms with van der Waals surface area (Å²) in [5.74, 6) is 0.858. The van der Waals surface area contributed by atoms with Crippen LogP contribution in [0, 0.1) is 0 Å². The van der Waals surface area contributed by atoms with Crippen LogP contribution in [0.1, 0.15) is 43.1 Å². The van der Waals surface area contributed by atoms with Crippen LogP contribution in [0.2, 0.25) is 5.02 Å². The third-order valence-electron chi connectivity index (χ3n) is 5.40. The van der Waals surface area contributed by atoms with Gasteiger partial charge in [0.25, 0.3) is 0 Å². The molecule has 3 heterocycles. The number of anilines is 1. The van der Waals surface area contributed by atoms with Gasteiger partial charge in [-0.15, -0.1) is 10.2 Å². The SMILES string of the molecule is COCC(COC)n1c(NS(=O)(=O)[C@@H](C)[C@H](OC)c2ncc(Cl)cn2)nnc1[C@@H]1CCOC1. The van der Waals surface area contributed by atoms with Gasteiger partial charge in [-0.25, -0.2) is 18.4 Å². The average molecular weight is 505 g/mol. The van der Waals surface area contributed by atoms with E-state index in [0.29, 0.717) is 24.1 Å². The fourth-order valence-corrected chi connectivity index (χ4v) is 4.93. The van der Waals surface area contributed by atoms with Crippen molar-refractivity contribution in [3.63, 3.8) is 0 Å². The molecule has 1 aliphatic heterocycles. The molecular formula is C19H29ClN6O6S. The third kappa shape index (κ3) is 5.97. The highest BCUT2D eigenvalue weighted by Crippen LogP contribution is 2.30. The Bertz CT molecular complexity index is 993. The lowest BCUT2D eigenvalue weighted by atomic mass is 10.1. The minimum atomic E-state index is -4.00. The van der Waals surface area contributed by atoms with E-state index in [-0.39, 0.29) is 36.9 Å². The van der Waals surface area contributed by atoms with E-state index >= 15 is 0 Å². The lowest BCUT2D eigenvalue weighted by molar-refractivity contribution is 0.0880. The van der Waals surface area contributed by atoms with E-state index < -0.39 is 21.4 Å². The van der Waals surface area contributed by atoms with Crippen molar-refractivity contribution in [2.24, 2.45) is 0 Å². The molecule has 0 aromatic carbocycles. The second kappa shape index (κ2) is 11.5. The number of ether oxygens (including phenoxy) is 4. The molecule has 1 aliphatic rings. The molecule has 0 aliphatic carbocycles. The summed E-state index contributed by atoms with van der Waals surface area (Å²) >= 11 is 5.85. The topological polar surface area (TPSA) is 140 Å². The molecule has 0 spiro atoms. The van der Waals surface area contributed by atoms with E-state index in [1.54, 1.807) is 18.8 Å². The first kappa shape index (κ1) is 25.7. The van der Waals surface area contributed by atoms with Gasteiger partial charge in [0, 0.05) is 46.2 Å². The Balaban J connectivity index is 1.93. The number of nitrogens with one attached hydrogen (secondary N) is 1. The van der Waals surface area contributed by atoms with Crippen LogP contribution in [0.4, 0.5) is 5.95 Å². The molecular weight excluding hydrogens is 476 g/mol. The fourth-order valence-electron chi connectivity index (χ4n) is 3.69. The molecule has 184 valence electrons. The number of hydrogen-bond donors (Lipinski definition) is 1. The zero-order valence-corrected chi connectivity index (χ0v) is 20.5. The van der Waals surface area contributed by atoms with Crippen LogP contribution >= 0.6 is 11.6 Å². The van der Waals surface area contributed by atoms with Crippen LogP contribution in [-0.4, -0.2) is 86.2 Å². The van der Waals surface area contributed by atoms with E-state index in [1.165, 1.54) is 26.4 Å². The van der Waals surface area contributed by atoms with E-state index in [0.717, 1.165) is 6.42 Å². The molecule has 0 bridgehead atoms. The zero-order valence-electron chi connectivity index (χ0n) is 19.0. The first-order valence-electron chi connectivity index (χ1n) is 10.3. The molecule has 0 amide bonds. The molecule has 0 radical (unpaired) electrons. The van der Waals surface area contributed by atoms with Gasteiger partial charge in [0.1, 0.15) is 17.2 Å². The normalized spacial score (nSPS) is 18.5. The summed E-state index contributed by atoms with van der Waals surface area (Å²) in [6.07, 6.45) is 2.59. The summed E-state index contributed by atoms with van der Waals surface area (Å²) < 4.78 is 52.5. The summed E-state index contributed by atoms with van der Waals surface area (Å²) in [5, 5.41) is 7.71. The highest BCUT2D eigenvalue weighted by molar-refractivity contribution is 7.93.